The number of carbonyl (C=O) groups is 14. The summed E-state index contributed by atoms with van der Waals surface area (Å²) >= 11 is 0. The fourth-order valence-electron chi connectivity index (χ4n) is 10.6. The highest BCUT2D eigenvalue weighted by Crippen LogP contribution is 2.23. The van der Waals surface area contributed by atoms with E-state index in [9.17, 15) is 72.2 Å². The maximum Gasteiger partial charge on any atom is 0.336 e. The molecular formula is C88H81N5O21. The quantitative estimate of drug-likeness (QED) is 0.0203. The van der Waals surface area contributed by atoms with Gasteiger partial charge in [-0.2, -0.15) is 0 Å². The summed E-state index contributed by atoms with van der Waals surface area (Å²) in [4.78, 5) is 161. The Morgan fingerprint density at radius 2 is 0.623 bits per heavy atom. The van der Waals surface area contributed by atoms with Crippen LogP contribution in [0.3, 0.4) is 0 Å². The second kappa shape index (κ2) is 43.8. The third-order valence-corrected chi connectivity index (χ3v) is 16.8. The van der Waals surface area contributed by atoms with Gasteiger partial charge in [0.05, 0.1) is 62.7 Å². The number of carboxylic acid groups (broad SMARTS) is 6. The van der Waals surface area contributed by atoms with Crippen LogP contribution in [0.5, 0.6) is 5.75 Å². The van der Waals surface area contributed by atoms with Crippen molar-refractivity contribution >= 4 is 88.3 Å². The SMILES string of the molecule is C=C(C)c1ccc(CNC(=O)c2ccccc2C(=O)O)cc1.CC(=O)CCc1ccc(CNC(=O)c2ccccc2C(=O)O)cc1.CC(=O)c1ccc(CNC(=O)c2ccccc2C(=O)O)cc1.COc1cc(C(C)=O)ccc1CNC(=O)c1ccccc1C(=O)O.O=C(O)c1ccccc1C(=O)NC(C(=O)O)c1ccccc1. The number of aryl methyl sites for hydroxylation is 1. The molecule has 10 aromatic rings. The number of carboxylic acids is 6. The number of amides is 5. The molecule has 584 valence electrons. The molecule has 114 heavy (non-hydrogen) atoms. The van der Waals surface area contributed by atoms with Gasteiger partial charge in [-0.15, -0.1) is 0 Å². The average Bonchev–Trinajstić information content (AvgIpc) is 0.855. The lowest BCUT2D eigenvalue weighted by molar-refractivity contribution is -0.139. The summed E-state index contributed by atoms with van der Waals surface area (Å²) < 4.78 is 5.24. The van der Waals surface area contributed by atoms with Crippen molar-refractivity contribution in [2.75, 3.05) is 7.11 Å². The first-order valence-corrected chi connectivity index (χ1v) is 34.8. The summed E-state index contributed by atoms with van der Waals surface area (Å²) in [5.41, 5.74) is 8.08. The van der Waals surface area contributed by atoms with Crippen molar-refractivity contribution in [3.05, 3.63) is 355 Å². The van der Waals surface area contributed by atoms with Gasteiger partial charge in [0, 0.05) is 49.3 Å². The number of rotatable bonds is 28. The summed E-state index contributed by atoms with van der Waals surface area (Å²) in [5.74, 6) is -9.02. The van der Waals surface area contributed by atoms with Crippen molar-refractivity contribution in [3.8, 4) is 5.75 Å². The summed E-state index contributed by atoms with van der Waals surface area (Å²) in [5, 5.41) is 67.9. The fraction of sp³-hybridized carbons (Fsp3) is 0.136. The molecule has 0 saturated heterocycles. The summed E-state index contributed by atoms with van der Waals surface area (Å²) in [6, 6.07) is 64.0. The van der Waals surface area contributed by atoms with Crippen LogP contribution in [0.1, 0.15) is 203 Å². The predicted octanol–water partition coefficient (Wildman–Crippen LogP) is 13.2. The van der Waals surface area contributed by atoms with E-state index in [1.165, 1.54) is 93.8 Å². The molecule has 0 aliphatic heterocycles. The lowest BCUT2D eigenvalue weighted by Gasteiger charge is -2.15. The molecule has 5 amide bonds. The maximum atomic E-state index is 12.2. The Bertz CT molecular complexity index is 5070. The Morgan fingerprint density at radius 3 is 0.930 bits per heavy atom. The molecule has 0 aliphatic rings. The normalized spacial score (nSPS) is 10.4. The number of aromatic carboxylic acids is 5. The topological polar surface area (TPSA) is 430 Å². The van der Waals surface area contributed by atoms with Crippen LogP contribution in [0.2, 0.25) is 0 Å². The van der Waals surface area contributed by atoms with Crippen molar-refractivity contribution in [1.82, 2.24) is 26.6 Å². The Labute approximate surface area is 654 Å². The van der Waals surface area contributed by atoms with Gasteiger partial charge in [-0.25, -0.2) is 28.8 Å². The number of methoxy groups -OCH3 is 1. The van der Waals surface area contributed by atoms with Crippen LogP contribution >= 0.6 is 0 Å². The lowest BCUT2D eigenvalue weighted by Crippen LogP contribution is -2.34. The minimum absolute atomic E-state index is 0.00219. The van der Waals surface area contributed by atoms with E-state index < -0.39 is 71.4 Å². The van der Waals surface area contributed by atoms with Gasteiger partial charge < -0.3 is 66.8 Å². The summed E-state index contributed by atoms with van der Waals surface area (Å²) in [6.07, 6.45) is 1.22. The molecule has 0 heterocycles. The van der Waals surface area contributed by atoms with Crippen LogP contribution in [-0.2, 0) is 42.2 Å². The smallest absolute Gasteiger partial charge is 0.336 e. The minimum atomic E-state index is -1.25. The van der Waals surface area contributed by atoms with Crippen molar-refractivity contribution in [3.63, 3.8) is 0 Å². The highest BCUT2D eigenvalue weighted by molar-refractivity contribution is 6.08. The molecule has 0 fully saturated rings. The molecule has 0 aromatic heterocycles. The van der Waals surface area contributed by atoms with Crippen LogP contribution < -0.4 is 31.3 Å². The molecule has 0 spiro atoms. The summed E-state index contributed by atoms with van der Waals surface area (Å²) in [6.45, 7) is 11.4. The van der Waals surface area contributed by atoms with Gasteiger partial charge in [0.25, 0.3) is 29.5 Å². The molecule has 1 atom stereocenters. The number of Topliss-reactive ketones (excluding diaryl/α,β-unsaturated/α-hetero) is 3. The van der Waals surface area contributed by atoms with Gasteiger partial charge in [-0.05, 0) is 134 Å². The lowest BCUT2D eigenvalue weighted by atomic mass is 10.0. The second-order valence-corrected chi connectivity index (χ2v) is 25.0. The van der Waals surface area contributed by atoms with E-state index in [0.717, 1.165) is 33.4 Å². The standard InChI is InChI=1S/C19H19NO4.C18H17NO5.C18H17NO3.C17H15NO4.C16H13NO5/c1-13(21)6-7-14-8-10-15(11-9-14)12-20-18(22)16-4-2-3-5-17(16)19(23)24;1-11(20)12-7-8-13(16(9-12)24-2)10-19-17(21)14-5-3-4-6-15(14)18(22)23;1-12(2)14-9-7-13(8-10-14)11-19-17(20)15-5-3-4-6-16(15)18(21)22;1-11(19)13-8-6-12(7-9-13)10-18-16(20)14-4-2-3-5-15(14)17(21)22;18-14(11-8-4-5-9-12(11)15(19)20)17-13(16(21)22)10-6-2-1-3-7-10/h2-5,8-11H,6-7,12H2,1H3,(H,20,22)(H,23,24);3-9H,10H2,1-2H3,(H,19,21)(H,22,23);3-10H,1,11H2,2H3,(H,19,20)(H,21,22);2-9H,10H2,1H3,(H,18,20)(H,21,22);1-9,13H,(H,17,18)(H,19,20)(H,21,22). The first-order chi connectivity index (χ1) is 54.4. The van der Waals surface area contributed by atoms with Crippen molar-refractivity contribution in [1.29, 1.82) is 0 Å². The van der Waals surface area contributed by atoms with E-state index in [0.29, 0.717) is 53.9 Å². The molecule has 0 bridgehead atoms. The zero-order valence-electron chi connectivity index (χ0n) is 62.4. The molecule has 26 nitrogen and oxygen atoms in total. The van der Waals surface area contributed by atoms with Crippen LogP contribution in [-0.4, -0.2) is 120 Å². The van der Waals surface area contributed by atoms with Gasteiger partial charge in [0.1, 0.15) is 11.5 Å². The van der Waals surface area contributed by atoms with Gasteiger partial charge >= 0.3 is 35.8 Å². The number of hydrogen-bond donors (Lipinski definition) is 11. The van der Waals surface area contributed by atoms with Gasteiger partial charge in [-0.1, -0.05) is 188 Å². The highest BCUT2D eigenvalue weighted by atomic mass is 16.5. The largest absolute Gasteiger partial charge is 0.496 e. The Kier molecular flexibility index (Phi) is 33.7. The van der Waals surface area contributed by atoms with Crippen LogP contribution in [0, 0.1) is 0 Å². The molecule has 0 saturated carbocycles. The zero-order valence-corrected chi connectivity index (χ0v) is 62.4. The van der Waals surface area contributed by atoms with E-state index in [-0.39, 0.29) is 86.1 Å². The number of aliphatic carboxylic acids is 1. The van der Waals surface area contributed by atoms with Crippen LogP contribution in [0.25, 0.3) is 5.57 Å². The number of carbonyl (C=O) groups excluding carboxylic acids is 8. The number of ketones is 3. The molecule has 10 aromatic carbocycles. The summed E-state index contributed by atoms with van der Waals surface area (Å²) in [7, 11) is 1.48. The third kappa shape index (κ3) is 26.9. The first kappa shape index (κ1) is 87.8. The van der Waals surface area contributed by atoms with E-state index in [1.54, 1.807) is 128 Å². The number of nitrogens with one attached hydrogen (secondary N) is 5. The molecule has 0 aliphatic carbocycles. The van der Waals surface area contributed by atoms with Gasteiger partial charge in [-0.3, -0.25) is 33.6 Å². The molecule has 1 unspecified atom stereocenters. The van der Waals surface area contributed by atoms with Gasteiger partial charge in [0.15, 0.2) is 17.6 Å². The van der Waals surface area contributed by atoms with E-state index in [1.807, 2.05) is 55.5 Å². The Morgan fingerprint density at radius 1 is 0.333 bits per heavy atom. The number of allylic oxidation sites excluding steroid dienone is 1. The maximum absolute atomic E-state index is 12.2. The predicted molar refractivity (Wildman–Crippen MR) is 422 cm³/mol. The number of benzene rings is 10. The van der Waals surface area contributed by atoms with Crippen molar-refractivity contribution < 1.29 is 102 Å². The van der Waals surface area contributed by atoms with E-state index in [2.05, 4.69) is 33.2 Å². The Balaban J connectivity index is 0.000000222. The molecule has 10 rings (SSSR count). The molecular weight excluding hydrogens is 1460 g/mol. The van der Waals surface area contributed by atoms with E-state index >= 15 is 0 Å². The first-order valence-electron chi connectivity index (χ1n) is 34.8. The fourth-order valence-corrected chi connectivity index (χ4v) is 10.6. The molecule has 11 N–H and O–H groups in total. The van der Waals surface area contributed by atoms with Crippen molar-refractivity contribution in [2.45, 2.75) is 72.8 Å². The average molecular weight is 1540 g/mol. The number of ether oxygens (including phenoxy) is 1. The highest BCUT2D eigenvalue weighted by Gasteiger charge is 2.26. The minimum Gasteiger partial charge on any atom is -0.496 e. The number of hydrogen-bond acceptors (Lipinski definition) is 15. The van der Waals surface area contributed by atoms with E-state index in [4.69, 9.17) is 30.3 Å². The Hall–Kier alpha value is -15.1. The van der Waals surface area contributed by atoms with Crippen molar-refractivity contribution in [2.24, 2.45) is 0 Å². The van der Waals surface area contributed by atoms with Gasteiger partial charge in [0.2, 0.25) is 0 Å². The van der Waals surface area contributed by atoms with Crippen LogP contribution in [0.4, 0.5) is 0 Å². The molecule has 26 heteroatoms. The second-order valence-electron chi connectivity index (χ2n) is 25.0. The monoisotopic (exact) mass is 1540 g/mol. The zero-order chi connectivity index (χ0) is 83.6. The van der Waals surface area contributed by atoms with Crippen LogP contribution in [0.15, 0.2) is 249 Å². The third-order valence-electron chi connectivity index (χ3n) is 16.8. The molecule has 0 radical (unpaired) electrons.